The lowest BCUT2D eigenvalue weighted by molar-refractivity contribution is 0.968. The van der Waals surface area contributed by atoms with Gasteiger partial charge in [0.1, 0.15) is 0 Å². The van der Waals surface area contributed by atoms with Crippen LogP contribution < -0.4 is 0 Å². The number of hydrogen-bond acceptors (Lipinski definition) is 0. The highest BCUT2D eigenvalue weighted by molar-refractivity contribution is 5.49. The molecule has 1 aliphatic rings. The van der Waals surface area contributed by atoms with Crippen molar-refractivity contribution in [2.75, 3.05) is 0 Å². The Balaban J connectivity index is 2.05. The highest BCUT2D eigenvalue weighted by Crippen LogP contribution is 2.34. The van der Waals surface area contributed by atoms with E-state index in [1.54, 1.807) is 0 Å². The number of rotatable bonds is 3. The Morgan fingerprint density at radius 1 is 0.611 bits per heavy atom. The van der Waals surface area contributed by atoms with Gasteiger partial charge in [-0.25, -0.2) is 0 Å². The van der Waals surface area contributed by atoms with E-state index in [1.807, 2.05) is 0 Å². The molecule has 18 heavy (non-hydrogen) atoms. The summed E-state index contributed by atoms with van der Waals surface area (Å²) in [6.07, 6.45) is 8.61. The highest BCUT2D eigenvalue weighted by Gasteiger charge is 2.18. The van der Waals surface area contributed by atoms with E-state index < -0.39 is 0 Å². The van der Waals surface area contributed by atoms with Crippen molar-refractivity contribution in [1.29, 1.82) is 0 Å². The summed E-state index contributed by atoms with van der Waals surface area (Å²) in [5.74, 6) is 0.336. The molecular weight excluding hydrogens is 216 g/mol. The van der Waals surface area contributed by atoms with E-state index in [9.17, 15) is 0 Å². The van der Waals surface area contributed by atoms with Crippen molar-refractivity contribution < 1.29 is 0 Å². The third-order valence-electron chi connectivity index (χ3n) is 3.29. The quantitative estimate of drug-likeness (QED) is 0.728. The van der Waals surface area contributed by atoms with Gasteiger partial charge in [0, 0.05) is 12.3 Å². The maximum absolute atomic E-state index is 2.20. The predicted octanol–water partition coefficient (Wildman–Crippen LogP) is 4.52. The summed E-state index contributed by atoms with van der Waals surface area (Å²) in [6.45, 7) is 0. The largest absolute Gasteiger partial charge is 0.0764 e. The number of allylic oxidation sites excluding steroid dienone is 4. The van der Waals surface area contributed by atoms with Gasteiger partial charge in [0.15, 0.2) is 0 Å². The molecule has 0 amide bonds. The molecule has 1 aliphatic carbocycles. The van der Waals surface area contributed by atoms with E-state index in [0.29, 0.717) is 5.92 Å². The first-order valence-electron chi connectivity index (χ1n) is 6.26. The van der Waals surface area contributed by atoms with Crippen molar-refractivity contribution in [3.05, 3.63) is 102 Å². The molecule has 0 N–H and O–H groups in total. The Bertz CT molecular complexity index is 522. The zero-order valence-electron chi connectivity index (χ0n) is 10.2. The predicted molar refractivity (Wildman–Crippen MR) is 76.3 cm³/mol. The van der Waals surface area contributed by atoms with Crippen molar-refractivity contribution in [2.45, 2.75) is 5.92 Å². The van der Waals surface area contributed by atoms with Crippen LogP contribution in [0.1, 0.15) is 17.0 Å². The normalized spacial score (nSPS) is 13.9. The van der Waals surface area contributed by atoms with Gasteiger partial charge in [0.05, 0.1) is 0 Å². The zero-order valence-corrected chi connectivity index (χ0v) is 10.2. The first-order valence-corrected chi connectivity index (χ1v) is 6.26. The third kappa shape index (κ3) is 2.14. The summed E-state index contributed by atoms with van der Waals surface area (Å²) in [5, 5.41) is 0. The fourth-order valence-corrected chi connectivity index (χ4v) is 2.45. The van der Waals surface area contributed by atoms with E-state index in [1.165, 1.54) is 16.7 Å². The second-order valence-corrected chi connectivity index (χ2v) is 4.47. The van der Waals surface area contributed by atoms with Gasteiger partial charge in [0.25, 0.3) is 0 Å². The molecule has 2 aromatic carbocycles. The van der Waals surface area contributed by atoms with Crippen LogP contribution in [0.15, 0.2) is 84.5 Å². The van der Waals surface area contributed by atoms with Crippen molar-refractivity contribution in [3.8, 4) is 0 Å². The standard InChI is InChI=1S/C18H15/c1-3-9-15(10-4-1)18(17-13-7-8-14-17)16-11-5-2-6-12-16/h1-14,18H. The van der Waals surface area contributed by atoms with Crippen LogP contribution in [0.2, 0.25) is 0 Å². The fourth-order valence-electron chi connectivity index (χ4n) is 2.45. The smallest absolute Gasteiger partial charge is 0.0308 e. The first kappa shape index (κ1) is 11.0. The van der Waals surface area contributed by atoms with Crippen molar-refractivity contribution >= 4 is 0 Å². The lowest BCUT2D eigenvalue weighted by Gasteiger charge is -2.19. The van der Waals surface area contributed by atoms with Gasteiger partial charge in [-0.15, -0.1) is 0 Å². The van der Waals surface area contributed by atoms with Crippen LogP contribution in [0.25, 0.3) is 0 Å². The number of hydrogen-bond donors (Lipinski definition) is 0. The van der Waals surface area contributed by atoms with Crippen molar-refractivity contribution in [2.24, 2.45) is 0 Å². The van der Waals surface area contributed by atoms with Gasteiger partial charge in [-0.05, 0) is 11.1 Å². The molecule has 3 rings (SSSR count). The molecule has 0 heteroatoms. The van der Waals surface area contributed by atoms with Crippen LogP contribution in [0.4, 0.5) is 0 Å². The minimum atomic E-state index is 0.336. The van der Waals surface area contributed by atoms with Gasteiger partial charge < -0.3 is 0 Å². The van der Waals surface area contributed by atoms with Gasteiger partial charge in [0.2, 0.25) is 0 Å². The molecule has 0 unspecified atom stereocenters. The molecule has 0 saturated carbocycles. The Hall–Kier alpha value is -2.08. The van der Waals surface area contributed by atoms with E-state index in [4.69, 9.17) is 0 Å². The summed E-state index contributed by atoms with van der Waals surface area (Å²) in [6, 6.07) is 21.3. The Kier molecular flexibility index (Phi) is 3.10. The Morgan fingerprint density at radius 2 is 1.17 bits per heavy atom. The molecule has 0 heterocycles. The van der Waals surface area contributed by atoms with Crippen molar-refractivity contribution in [3.63, 3.8) is 0 Å². The average molecular weight is 231 g/mol. The number of benzene rings is 2. The minimum absolute atomic E-state index is 0.336. The molecule has 0 atom stereocenters. The molecule has 0 aliphatic heterocycles. The first-order chi connectivity index (χ1) is 8.95. The molecule has 0 spiro atoms. The van der Waals surface area contributed by atoms with E-state index in [2.05, 4.69) is 85.3 Å². The summed E-state index contributed by atoms with van der Waals surface area (Å²) in [7, 11) is 0. The molecule has 0 bridgehead atoms. The maximum Gasteiger partial charge on any atom is 0.0308 e. The lowest BCUT2D eigenvalue weighted by Crippen LogP contribution is -2.03. The van der Waals surface area contributed by atoms with Crippen LogP contribution >= 0.6 is 0 Å². The Labute approximate surface area is 108 Å². The molecule has 87 valence electrons. The summed E-state index contributed by atoms with van der Waals surface area (Å²) < 4.78 is 0. The highest BCUT2D eigenvalue weighted by atomic mass is 14.2. The molecule has 0 saturated heterocycles. The van der Waals surface area contributed by atoms with Crippen molar-refractivity contribution in [1.82, 2.24) is 0 Å². The molecule has 0 aromatic heterocycles. The summed E-state index contributed by atoms with van der Waals surface area (Å²) >= 11 is 0. The van der Waals surface area contributed by atoms with Gasteiger partial charge >= 0.3 is 0 Å². The molecule has 1 radical (unpaired) electrons. The van der Waals surface area contributed by atoms with E-state index in [0.717, 1.165) is 0 Å². The van der Waals surface area contributed by atoms with E-state index >= 15 is 0 Å². The van der Waals surface area contributed by atoms with Crippen LogP contribution in [0, 0.1) is 6.42 Å². The molecule has 0 nitrogen and oxygen atoms in total. The minimum Gasteiger partial charge on any atom is -0.0764 e. The molecular formula is C18H15. The zero-order chi connectivity index (χ0) is 12.2. The maximum atomic E-state index is 2.20. The SMILES string of the molecule is [CH]1C=CC=C1C(c1ccccc1)c1ccccc1. The monoisotopic (exact) mass is 231 g/mol. The topological polar surface area (TPSA) is 0 Å². The fraction of sp³-hybridized carbons (Fsp3) is 0.0556. The van der Waals surface area contributed by atoms with Crippen LogP contribution in [-0.4, -0.2) is 0 Å². The summed E-state index contributed by atoms with van der Waals surface area (Å²) in [5.41, 5.74) is 4.04. The van der Waals surface area contributed by atoms with Crippen LogP contribution in [0.5, 0.6) is 0 Å². The van der Waals surface area contributed by atoms with E-state index in [-0.39, 0.29) is 0 Å². The second kappa shape index (κ2) is 5.05. The average Bonchev–Trinajstić information content (AvgIpc) is 2.95. The van der Waals surface area contributed by atoms with Crippen LogP contribution in [-0.2, 0) is 0 Å². The summed E-state index contributed by atoms with van der Waals surface area (Å²) in [4.78, 5) is 0. The lowest BCUT2D eigenvalue weighted by atomic mass is 9.84. The third-order valence-corrected chi connectivity index (χ3v) is 3.29. The van der Waals surface area contributed by atoms with Crippen LogP contribution in [0.3, 0.4) is 0 Å². The van der Waals surface area contributed by atoms with Gasteiger partial charge in [-0.2, -0.15) is 0 Å². The Morgan fingerprint density at radius 3 is 1.61 bits per heavy atom. The molecule has 2 aromatic rings. The van der Waals surface area contributed by atoms with Gasteiger partial charge in [-0.1, -0.05) is 84.5 Å². The second-order valence-electron chi connectivity index (χ2n) is 4.47. The molecule has 0 fully saturated rings. The van der Waals surface area contributed by atoms with Gasteiger partial charge in [-0.3, -0.25) is 0 Å².